The number of benzene rings is 1. The zero-order chi connectivity index (χ0) is 29.0. The number of hydrogen-bond acceptors (Lipinski definition) is 7. The van der Waals surface area contributed by atoms with Gasteiger partial charge in [0.15, 0.2) is 5.78 Å². The number of carbonyl (C=O) groups is 5. The Balaban J connectivity index is 2.86. The minimum atomic E-state index is -0.913. The van der Waals surface area contributed by atoms with E-state index in [2.05, 4.69) is 16.0 Å². The highest BCUT2D eigenvalue weighted by atomic mass is 16.6. The van der Waals surface area contributed by atoms with Crippen molar-refractivity contribution in [2.45, 2.75) is 91.5 Å². The Morgan fingerprint density at radius 3 is 1.89 bits per heavy atom. The number of hydrogen-bond donors (Lipinski definition) is 3. The molecule has 3 N–H and O–H groups in total. The SMILES string of the molecule is COC(=O)C(NC(=O)C(NC(=O)CCC(=O)[C@H](Cc1ccccc1)NC(=O)OC(C)(C)C)C(C)C)C(C)C. The predicted octanol–water partition coefficient (Wildman–Crippen LogP) is 2.93. The van der Waals surface area contributed by atoms with E-state index in [1.54, 1.807) is 48.5 Å². The van der Waals surface area contributed by atoms with Gasteiger partial charge in [0.2, 0.25) is 11.8 Å². The molecule has 0 bridgehead atoms. The third kappa shape index (κ3) is 11.7. The highest BCUT2D eigenvalue weighted by Crippen LogP contribution is 2.12. The molecule has 0 aliphatic heterocycles. The van der Waals surface area contributed by atoms with Crippen molar-refractivity contribution in [2.24, 2.45) is 11.8 Å². The molecule has 1 rings (SSSR count). The van der Waals surface area contributed by atoms with Gasteiger partial charge in [-0.2, -0.15) is 0 Å². The molecule has 1 aromatic rings. The summed E-state index contributed by atoms with van der Waals surface area (Å²) < 4.78 is 10.1. The first kappa shape index (κ1) is 32.6. The quantitative estimate of drug-likeness (QED) is 0.331. The first-order chi connectivity index (χ1) is 17.6. The largest absolute Gasteiger partial charge is 0.467 e. The zero-order valence-corrected chi connectivity index (χ0v) is 23.8. The van der Waals surface area contributed by atoms with Crippen LogP contribution in [0.2, 0.25) is 0 Å². The van der Waals surface area contributed by atoms with Crippen molar-refractivity contribution in [1.29, 1.82) is 0 Å². The highest BCUT2D eigenvalue weighted by Gasteiger charge is 2.31. The second-order valence-electron chi connectivity index (χ2n) is 10.9. The Hall–Kier alpha value is -3.43. The molecule has 0 aromatic heterocycles. The summed E-state index contributed by atoms with van der Waals surface area (Å²) in [7, 11) is 1.24. The molecule has 2 unspecified atom stereocenters. The highest BCUT2D eigenvalue weighted by molar-refractivity contribution is 5.93. The standard InChI is InChI=1S/C28H43N3O7/c1-17(2)23(25(34)31-24(18(3)4)26(35)37-8)30-22(33)15-14-21(32)20(16-19-12-10-9-11-13-19)29-27(36)38-28(5,6)7/h9-13,17-18,20,23-24H,14-16H2,1-8H3,(H,29,36)(H,30,33)(H,31,34)/t20-,23?,24?/m0/s1. The second kappa shape index (κ2) is 15.1. The van der Waals surface area contributed by atoms with Gasteiger partial charge in [-0.15, -0.1) is 0 Å². The molecular formula is C28H43N3O7. The summed E-state index contributed by atoms with van der Waals surface area (Å²) in [5.41, 5.74) is 0.104. The van der Waals surface area contributed by atoms with Gasteiger partial charge in [0.05, 0.1) is 13.2 Å². The summed E-state index contributed by atoms with van der Waals surface area (Å²) in [5, 5.41) is 7.93. The van der Waals surface area contributed by atoms with Gasteiger partial charge >= 0.3 is 12.1 Å². The number of carbonyl (C=O) groups excluding carboxylic acids is 5. The Morgan fingerprint density at radius 1 is 0.816 bits per heavy atom. The number of rotatable bonds is 13. The number of amides is 3. The number of ether oxygens (including phenoxy) is 2. The van der Waals surface area contributed by atoms with Crippen LogP contribution in [-0.2, 0) is 35.1 Å². The molecule has 1 aromatic carbocycles. The summed E-state index contributed by atoms with van der Waals surface area (Å²) in [6.07, 6.45) is -0.816. The lowest BCUT2D eigenvalue weighted by atomic mass is 9.98. The van der Waals surface area contributed by atoms with Crippen LogP contribution >= 0.6 is 0 Å². The van der Waals surface area contributed by atoms with Crippen molar-refractivity contribution < 1.29 is 33.4 Å². The summed E-state index contributed by atoms with van der Waals surface area (Å²) in [4.78, 5) is 63.0. The topological polar surface area (TPSA) is 140 Å². The predicted molar refractivity (Wildman–Crippen MR) is 143 cm³/mol. The van der Waals surface area contributed by atoms with E-state index >= 15 is 0 Å². The summed E-state index contributed by atoms with van der Waals surface area (Å²) >= 11 is 0. The van der Waals surface area contributed by atoms with Gasteiger partial charge in [-0.25, -0.2) is 9.59 Å². The van der Waals surface area contributed by atoms with Crippen LogP contribution in [0.5, 0.6) is 0 Å². The molecule has 0 heterocycles. The molecular weight excluding hydrogens is 490 g/mol. The molecule has 10 heteroatoms. The first-order valence-electron chi connectivity index (χ1n) is 12.9. The number of esters is 1. The van der Waals surface area contributed by atoms with Crippen LogP contribution in [-0.4, -0.2) is 60.5 Å². The number of ketones is 1. The van der Waals surface area contributed by atoms with E-state index in [0.717, 1.165) is 5.56 Å². The van der Waals surface area contributed by atoms with E-state index in [9.17, 15) is 24.0 Å². The maximum atomic E-state index is 13.1. The molecule has 10 nitrogen and oxygen atoms in total. The zero-order valence-electron chi connectivity index (χ0n) is 23.8. The van der Waals surface area contributed by atoms with Gasteiger partial charge in [0, 0.05) is 12.8 Å². The number of nitrogens with one attached hydrogen (secondary N) is 3. The van der Waals surface area contributed by atoms with E-state index in [1.165, 1.54) is 7.11 Å². The maximum Gasteiger partial charge on any atom is 0.408 e. The van der Waals surface area contributed by atoms with Gasteiger partial charge in [-0.05, 0) is 44.6 Å². The van der Waals surface area contributed by atoms with Crippen LogP contribution in [0.1, 0.15) is 66.9 Å². The third-order valence-corrected chi connectivity index (χ3v) is 5.65. The summed E-state index contributed by atoms with van der Waals surface area (Å²) in [6, 6.07) is 6.53. The average molecular weight is 534 g/mol. The molecule has 3 atom stereocenters. The molecule has 0 radical (unpaired) electrons. The molecule has 38 heavy (non-hydrogen) atoms. The van der Waals surface area contributed by atoms with Crippen LogP contribution < -0.4 is 16.0 Å². The lowest BCUT2D eigenvalue weighted by molar-refractivity contribution is -0.146. The smallest absolute Gasteiger partial charge is 0.408 e. The van der Waals surface area contributed by atoms with Crippen molar-refractivity contribution in [3.63, 3.8) is 0 Å². The van der Waals surface area contributed by atoms with E-state index in [-0.39, 0.29) is 36.9 Å². The minimum absolute atomic E-state index is 0.150. The van der Waals surface area contributed by atoms with Gasteiger partial charge in [-0.1, -0.05) is 58.0 Å². The monoisotopic (exact) mass is 533 g/mol. The van der Waals surface area contributed by atoms with Crippen LogP contribution in [0.4, 0.5) is 4.79 Å². The molecule has 0 fully saturated rings. The fourth-order valence-corrected chi connectivity index (χ4v) is 3.60. The maximum absolute atomic E-state index is 13.1. The normalized spacial score (nSPS) is 13.7. The van der Waals surface area contributed by atoms with E-state index < -0.39 is 47.6 Å². The Bertz CT molecular complexity index is 955. The lowest BCUT2D eigenvalue weighted by Crippen LogP contribution is -2.55. The van der Waals surface area contributed by atoms with Gasteiger partial charge in [0.1, 0.15) is 17.7 Å². The first-order valence-corrected chi connectivity index (χ1v) is 12.9. The van der Waals surface area contributed by atoms with Crippen molar-refractivity contribution in [2.75, 3.05) is 7.11 Å². The van der Waals surface area contributed by atoms with Crippen molar-refractivity contribution in [3.8, 4) is 0 Å². The average Bonchev–Trinajstić information content (AvgIpc) is 2.82. The Kier molecular flexibility index (Phi) is 13.0. The van der Waals surface area contributed by atoms with Crippen molar-refractivity contribution >= 4 is 29.7 Å². The molecule has 0 saturated heterocycles. The number of alkyl carbamates (subject to hydrolysis) is 1. The fraction of sp³-hybridized carbons (Fsp3) is 0.607. The molecule has 0 aliphatic rings. The third-order valence-electron chi connectivity index (χ3n) is 5.65. The van der Waals surface area contributed by atoms with E-state index in [4.69, 9.17) is 9.47 Å². The lowest BCUT2D eigenvalue weighted by Gasteiger charge is -2.26. The number of Topliss-reactive ketones (excluding diaryl/α,β-unsaturated/α-hetero) is 1. The fourth-order valence-electron chi connectivity index (χ4n) is 3.60. The molecule has 212 valence electrons. The van der Waals surface area contributed by atoms with Gasteiger partial charge in [-0.3, -0.25) is 14.4 Å². The van der Waals surface area contributed by atoms with Crippen LogP contribution in [0.3, 0.4) is 0 Å². The molecule has 0 aliphatic carbocycles. The van der Waals surface area contributed by atoms with E-state index in [0.29, 0.717) is 0 Å². The molecule has 0 saturated carbocycles. The summed E-state index contributed by atoms with van der Waals surface area (Å²) in [6.45, 7) is 12.2. The summed E-state index contributed by atoms with van der Waals surface area (Å²) in [5.74, 6) is -2.42. The van der Waals surface area contributed by atoms with Crippen LogP contribution in [0, 0.1) is 11.8 Å². The number of methoxy groups -OCH3 is 1. The molecule has 0 spiro atoms. The minimum Gasteiger partial charge on any atom is -0.467 e. The van der Waals surface area contributed by atoms with Crippen molar-refractivity contribution in [1.82, 2.24) is 16.0 Å². The van der Waals surface area contributed by atoms with Crippen molar-refractivity contribution in [3.05, 3.63) is 35.9 Å². The molecule has 3 amide bonds. The Morgan fingerprint density at radius 2 is 1.39 bits per heavy atom. The van der Waals surface area contributed by atoms with Gasteiger partial charge < -0.3 is 25.4 Å². The van der Waals surface area contributed by atoms with Crippen LogP contribution in [0.15, 0.2) is 30.3 Å². The van der Waals surface area contributed by atoms with Gasteiger partial charge in [0.25, 0.3) is 0 Å². The van der Waals surface area contributed by atoms with E-state index in [1.807, 2.05) is 30.3 Å². The van der Waals surface area contributed by atoms with Crippen LogP contribution in [0.25, 0.3) is 0 Å². The second-order valence-corrected chi connectivity index (χ2v) is 10.9. The Labute approximate surface area is 225 Å².